The van der Waals surface area contributed by atoms with E-state index in [2.05, 4.69) is 0 Å². The number of hydrogen-bond donors (Lipinski definition) is 1. The van der Waals surface area contributed by atoms with Gasteiger partial charge in [-0.25, -0.2) is 8.78 Å². The highest BCUT2D eigenvalue weighted by Crippen LogP contribution is 2.43. The van der Waals surface area contributed by atoms with Gasteiger partial charge in [0.25, 0.3) is 11.7 Å². The number of ketones is 1. The summed E-state index contributed by atoms with van der Waals surface area (Å²) in [5.41, 5.74) is 0.709. The molecule has 0 saturated carbocycles. The normalized spacial score (nSPS) is 17.8. The Morgan fingerprint density at radius 3 is 2.41 bits per heavy atom. The number of aryl methyl sites for hydroxylation is 1. The van der Waals surface area contributed by atoms with Gasteiger partial charge in [0, 0.05) is 11.6 Å². The third-order valence-electron chi connectivity index (χ3n) is 5.16. The summed E-state index contributed by atoms with van der Waals surface area (Å²) in [5, 5.41) is 11.4. The number of amides is 1. The molecule has 1 N–H and O–H groups in total. The number of rotatable bonds is 3. The summed E-state index contributed by atoms with van der Waals surface area (Å²) >= 11 is 12.0. The summed E-state index contributed by atoms with van der Waals surface area (Å²) in [6, 6.07) is 12.5. The average Bonchev–Trinajstić information content (AvgIpc) is 3.02. The number of Topliss-reactive ketones (excluding diaryl/α,β-unsaturated/α-hetero) is 1. The van der Waals surface area contributed by atoms with Gasteiger partial charge in [-0.15, -0.1) is 0 Å². The van der Waals surface area contributed by atoms with E-state index in [9.17, 15) is 23.5 Å². The molecular weight excluding hydrogens is 459 g/mol. The summed E-state index contributed by atoms with van der Waals surface area (Å²) in [4.78, 5) is 26.9. The van der Waals surface area contributed by atoms with E-state index < -0.39 is 40.8 Å². The Balaban J connectivity index is 2.00. The van der Waals surface area contributed by atoms with E-state index >= 15 is 0 Å². The zero-order valence-electron chi connectivity index (χ0n) is 16.6. The molecule has 1 aliphatic rings. The zero-order chi connectivity index (χ0) is 23.2. The van der Waals surface area contributed by atoms with Crippen molar-refractivity contribution in [2.45, 2.75) is 13.0 Å². The lowest BCUT2D eigenvalue weighted by Gasteiger charge is -2.26. The first-order valence-corrected chi connectivity index (χ1v) is 10.2. The molecule has 32 heavy (non-hydrogen) atoms. The Morgan fingerprint density at radius 1 is 0.969 bits per heavy atom. The Bertz CT molecular complexity index is 1310. The van der Waals surface area contributed by atoms with Crippen molar-refractivity contribution in [2.24, 2.45) is 0 Å². The first kappa shape index (κ1) is 22.0. The van der Waals surface area contributed by atoms with E-state index in [0.717, 1.165) is 28.7 Å². The molecule has 0 radical (unpaired) electrons. The van der Waals surface area contributed by atoms with E-state index in [4.69, 9.17) is 23.2 Å². The van der Waals surface area contributed by atoms with Crippen molar-refractivity contribution in [3.05, 3.63) is 105 Å². The third kappa shape index (κ3) is 3.76. The number of nitrogens with zero attached hydrogens (tertiary/aromatic N) is 1. The van der Waals surface area contributed by atoms with Gasteiger partial charge >= 0.3 is 0 Å². The van der Waals surface area contributed by atoms with Gasteiger partial charge < -0.3 is 5.11 Å². The fourth-order valence-electron chi connectivity index (χ4n) is 3.71. The van der Waals surface area contributed by atoms with Crippen LogP contribution in [0, 0.1) is 18.6 Å². The van der Waals surface area contributed by atoms with E-state index in [0.29, 0.717) is 5.56 Å². The molecule has 1 heterocycles. The van der Waals surface area contributed by atoms with Gasteiger partial charge in [-0.3, -0.25) is 14.5 Å². The topological polar surface area (TPSA) is 57.6 Å². The minimum atomic E-state index is -1.19. The molecule has 3 aromatic carbocycles. The van der Waals surface area contributed by atoms with Crippen molar-refractivity contribution in [2.75, 3.05) is 4.90 Å². The summed E-state index contributed by atoms with van der Waals surface area (Å²) in [6.45, 7) is 1.80. The van der Waals surface area contributed by atoms with Crippen LogP contribution in [-0.4, -0.2) is 16.8 Å². The van der Waals surface area contributed by atoms with E-state index in [1.807, 2.05) is 0 Å². The van der Waals surface area contributed by atoms with E-state index in [1.165, 1.54) is 18.2 Å². The van der Waals surface area contributed by atoms with E-state index in [1.54, 1.807) is 31.2 Å². The fourth-order valence-corrected chi connectivity index (χ4v) is 4.00. The first-order chi connectivity index (χ1) is 15.2. The molecule has 0 bridgehead atoms. The predicted molar refractivity (Wildman–Crippen MR) is 119 cm³/mol. The van der Waals surface area contributed by atoms with Crippen molar-refractivity contribution in [1.29, 1.82) is 0 Å². The lowest BCUT2D eigenvalue weighted by molar-refractivity contribution is -0.132. The van der Waals surface area contributed by atoms with Crippen LogP contribution in [0.3, 0.4) is 0 Å². The van der Waals surface area contributed by atoms with Crippen molar-refractivity contribution in [3.63, 3.8) is 0 Å². The second-order valence-electron chi connectivity index (χ2n) is 7.31. The smallest absolute Gasteiger partial charge is 0.300 e. The summed E-state index contributed by atoms with van der Waals surface area (Å²) < 4.78 is 28.6. The number of benzene rings is 3. The second kappa shape index (κ2) is 8.37. The van der Waals surface area contributed by atoms with Crippen LogP contribution in [0.1, 0.15) is 22.7 Å². The van der Waals surface area contributed by atoms with Crippen LogP contribution in [-0.2, 0) is 9.59 Å². The summed E-state index contributed by atoms with van der Waals surface area (Å²) in [7, 11) is 0. The van der Waals surface area contributed by atoms with E-state index in [-0.39, 0.29) is 21.2 Å². The van der Waals surface area contributed by atoms with Crippen LogP contribution >= 0.6 is 23.2 Å². The number of hydrogen-bond acceptors (Lipinski definition) is 3. The SMILES string of the molecule is Cc1cccc(C2/C(=C(\O)c3ccc(Cl)c(Cl)c3)C(=O)C(=O)N2c2cc(F)ccc2F)c1. The van der Waals surface area contributed by atoms with Gasteiger partial charge in [0.15, 0.2) is 0 Å². The number of aliphatic hydroxyl groups is 1. The number of carbonyl (C=O) groups excluding carboxylic acids is 2. The van der Waals surface area contributed by atoms with Crippen molar-refractivity contribution < 1.29 is 23.5 Å². The molecule has 3 aromatic rings. The fraction of sp³-hybridized carbons (Fsp3) is 0.0833. The van der Waals surface area contributed by atoms with Crippen LogP contribution in [0.15, 0.2) is 66.2 Å². The number of halogens is 4. The highest BCUT2D eigenvalue weighted by atomic mass is 35.5. The number of anilines is 1. The molecule has 4 rings (SSSR count). The third-order valence-corrected chi connectivity index (χ3v) is 5.90. The monoisotopic (exact) mass is 473 g/mol. The van der Waals surface area contributed by atoms with Crippen molar-refractivity contribution >= 4 is 46.3 Å². The maximum Gasteiger partial charge on any atom is 0.300 e. The number of carbonyl (C=O) groups is 2. The molecule has 1 fully saturated rings. The van der Waals surface area contributed by atoms with Crippen LogP contribution in [0.2, 0.25) is 10.0 Å². The molecule has 4 nitrogen and oxygen atoms in total. The molecule has 8 heteroatoms. The quantitative estimate of drug-likeness (QED) is 0.279. The van der Waals surface area contributed by atoms with Gasteiger partial charge in [-0.1, -0.05) is 53.0 Å². The highest BCUT2D eigenvalue weighted by Gasteiger charge is 2.47. The average molecular weight is 474 g/mol. The van der Waals surface area contributed by atoms with Crippen LogP contribution < -0.4 is 4.90 Å². The molecular formula is C24H15Cl2F2NO3. The summed E-state index contributed by atoms with van der Waals surface area (Å²) in [5.74, 6) is -4.31. The van der Waals surface area contributed by atoms with Crippen molar-refractivity contribution in [3.8, 4) is 0 Å². The molecule has 1 amide bonds. The highest BCUT2D eigenvalue weighted by molar-refractivity contribution is 6.51. The van der Waals surface area contributed by atoms with Crippen LogP contribution in [0.5, 0.6) is 0 Å². The van der Waals surface area contributed by atoms with Crippen molar-refractivity contribution in [1.82, 2.24) is 0 Å². The molecule has 0 spiro atoms. The molecule has 1 aliphatic heterocycles. The zero-order valence-corrected chi connectivity index (χ0v) is 18.1. The standard InChI is InChI=1S/C24H15Cl2F2NO3/c1-12-3-2-4-13(9-12)21-20(22(30)14-5-7-16(25)17(26)10-14)23(31)24(32)29(21)19-11-15(27)6-8-18(19)28/h2-11,21,30H,1H3/b22-20+. The van der Waals surface area contributed by atoms with Gasteiger partial charge in [0.2, 0.25) is 0 Å². The maximum absolute atomic E-state index is 14.7. The molecule has 0 aliphatic carbocycles. The lowest BCUT2D eigenvalue weighted by atomic mass is 9.94. The minimum Gasteiger partial charge on any atom is -0.507 e. The Hall–Kier alpha value is -3.22. The van der Waals surface area contributed by atoms with Gasteiger partial charge in [0.1, 0.15) is 17.4 Å². The molecule has 1 unspecified atom stereocenters. The first-order valence-electron chi connectivity index (χ1n) is 9.47. The van der Waals surface area contributed by atoms with Gasteiger partial charge in [-0.05, 0) is 42.8 Å². The maximum atomic E-state index is 14.7. The van der Waals surface area contributed by atoms with Crippen LogP contribution in [0.4, 0.5) is 14.5 Å². The molecule has 1 saturated heterocycles. The summed E-state index contributed by atoms with van der Waals surface area (Å²) in [6.07, 6.45) is 0. The predicted octanol–water partition coefficient (Wildman–Crippen LogP) is 6.21. The molecule has 0 aromatic heterocycles. The Kier molecular flexibility index (Phi) is 5.75. The Labute approximate surface area is 192 Å². The Morgan fingerprint density at radius 2 is 1.72 bits per heavy atom. The number of aliphatic hydroxyl groups excluding tert-OH is 1. The van der Waals surface area contributed by atoms with Crippen LogP contribution in [0.25, 0.3) is 5.76 Å². The molecule has 1 atom stereocenters. The van der Waals surface area contributed by atoms with Gasteiger partial charge in [0.05, 0.1) is 27.3 Å². The molecule has 162 valence electrons. The minimum absolute atomic E-state index is 0.133. The largest absolute Gasteiger partial charge is 0.507 e. The van der Waals surface area contributed by atoms with Gasteiger partial charge in [-0.2, -0.15) is 0 Å². The second-order valence-corrected chi connectivity index (χ2v) is 8.12. The lowest BCUT2D eigenvalue weighted by Crippen LogP contribution is -2.30.